The molecular weight excluding hydrogens is 334 g/mol. The second-order valence-electron chi connectivity index (χ2n) is 7.85. The van der Waals surface area contributed by atoms with E-state index in [1.165, 1.54) is 12.0 Å². The first-order valence-corrected chi connectivity index (χ1v) is 10.2. The summed E-state index contributed by atoms with van der Waals surface area (Å²) in [7, 11) is 0. The van der Waals surface area contributed by atoms with Crippen molar-refractivity contribution in [1.29, 1.82) is 0 Å². The third kappa shape index (κ3) is 5.59. The van der Waals surface area contributed by atoms with Crippen LogP contribution in [0.4, 0.5) is 0 Å². The molecule has 0 radical (unpaired) electrons. The predicted molar refractivity (Wildman–Crippen MR) is 112 cm³/mol. The molecule has 1 aliphatic rings. The van der Waals surface area contributed by atoms with Crippen molar-refractivity contribution >= 4 is 5.96 Å². The van der Waals surface area contributed by atoms with Crippen LogP contribution in [-0.2, 0) is 19.5 Å². The van der Waals surface area contributed by atoms with Gasteiger partial charge in [-0.2, -0.15) is 0 Å². The van der Waals surface area contributed by atoms with E-state index in [0.717, 1.165) is 44.4 Å². The average molecular weight is 368 g/mol. The Hall–Kier alpha value is -2.30. The first kappa shape index (κ1) is 19.5. The molecule has 1 unspecified atom stereocenters. The summed E-state index contributed by atoms with van der Waals surface area (Å²) >= 11 is 0. The predicted octanol–water partition coefficient (Wildman–Crippen LogP) is 3.57. The van der Waals surface area contributed by atoms with Crippen LogP contribution < -0.4 is 5.32 Å². The molecule has 0 saturated carbocycles. The van der Waals surface area contributed by atoms with Crippen LogP contribution >= 0.6 is 0 Å². The quantitative estimate of drug-likeness (QED) is 0.601. The Kier molecular flexibility index (Phi) is 6.91. The van der Waals surface area contributed by atoms with Crippen LogP contribution in [0.5, 0.6) is 0 Å². The lowest BCUT2D eigenvalue weighted by Crippen LogP contribution is -2.40. The monoisotopic (exact) mass is 367 g/mol. The van der Waals surface area contributed by atoms with Crippen molar-refractivity contribution in [3.63, 3.8) is 0 Å². The molecule has 0 amide bonds. The van der Waals surface area contributed by atoms with Gasteiger partial charge in [-0.3, -0.25) is 0 Å². The largest absolute Gasteiger partial charge is 0.357 e. The van der Waals surface area contributed by atoms with E-state index in [-0.39, 0.29) is 0 Å². The number of guanidine groups is 1. The van der Waals surface area contributed by atoms with Crippen molar-refractivity contribution < 1.29 is 0 Å². The zero-order valence-corrected chi connectivity index (χ0v) is 16.9. The third-order valence-corrected chi connectivity index (χ3v) is 5.02. The number of hydrogen-bond acceptors (Lipinski definition) is 2. The molecule has 1 saturated heterocycles. The van der Waals surface area contributed by atoms with Crippen LogP contribution in [0.2, 0.25) is 0 Å². The lowest BCUT2D eigenvalue weighted by molar-refractivity contribution is 0.458. The summed E-state index contributed by atoms with van der Waals surface area (Å²) in [6.45, 7) is 11.2. The molecule has 27 heavy (non-hydrogen) atoms. The molecule has 5 nitrogen and oxygen atoms in total. The number of rotatable bonds is 7. The van der Waals surface area contributed by atoms with Gasteiger partial charge in [0, 0.05) is 38.6 Å². The van der Waals surface area contributed by atoms with E-state index < -0.39 is 0 Å². The van der Waals surface area contributed by atoms with Gasteiger partial charge in [-0.15, -0.1) is 0 Å². The summed E-state index contributed by atoms with van der Waals surface area (Å²) in [4.78, 5) is 11.8. The Bertz CT molecular complexity index is 719. The second kappa shape index (κ2) is 9.58. The molecule has 146 valence electrons. The summed E-state index contributed by atoms with van der Waals surface area (Å²) in [5.41, 5.74) is 1.43. The SMILES string of the molecule is CCNC(=NCc1nccn1CC(C)C)N1CCC(Cc2ccccc2)C1. The number of nitrogens with zero attached hydrogens (tertiary/aromatic N) is 4. The second-order valence-corrected chi connectivity index (χ2v) is 7.85. The Labute approximate surface area is 163 Å². The van der Waals surface area contributed by atoms with E-state index in [2.05, 4.69) is 77.1 Å². The topological polar surface area (TPSA) is 45.5 Å². The number of likely N-dealkylation sites (tertiary alicyclic amines) is 1. The molecule has 2 heterocycles. The molecule has 1 aromatic carbocycles. The van der Waals surface area contributed by atoms with Crippen LogP contribution in [0, 0.1) is 11.8 Å². The van der Waals surface area contributed by atoms with E-state index in [1.807, 2.05) is 6.20 Å². The fourth-order valence-electron chi connectivity index (χ4n) is 3.76. The van der Waals surface area contributed by atoms with Gasteiger partial charge < -0.3 is 14.8 Å². The number of nitrogens with one attached hydrogen (secondary N) is 1. The molecule has 1 atom stereocenters. The molecular formula is C22H33N5. The fraction of sp³-hybridized carbons (Fsp3) is 0.545. The van der Waals surface area contributed by atoms with E-state index >= 15 is 0 Å². The third-order valence-electron chi connectivity index (χ3n) is 5.02. The summed E-state index contributed by atoms with van der Waals surface area (Å²) in [6, 6.07) is 10.8. The van der Waals surface area contributed by atoms with E-state index in [4.69, 9.17) is 4.99 Å². The van der Waals surface area contributed by atoms with Crippen molar-refractivity contribution in [2.75, 3.05) is 19.6 Å². The van der Waals surface area contributed by atoms with Crippen LogP contribution in [0.3, 0.4) is 0 Å². The van der Waals surface area contributed by atoms with Crippen LogP contribution in [0.25, 0.3) is 0 Å². The molecule has 5 heteroatoms. The molecule has 1 aliphatic heterocycles. The van der Waals surface area contributed by atoms with E-state index in [9.17, 15) is 0 Å². The van der Waals surface area contributed by atoms with Gasteiger partial charge in [0.05, 0.1) is 0 Å². The van der Waals surface area contributed by atoms with Crippen molar-refractivity contribution in [3.8, 4) is 0 Å². The van der Waals surface area contributed by atoms with E-state index in [0.29, 0.717) is 18.4 Å². The lowest BCUT2D eigenvalue weighted by Gasteiger charge is -2.22. The Balaban J connectivity index is 1.62. The molecule has 0 bridgehead atoms. The maximum absolute atomic E-state index is 4.90. The number of imidazole rings is 1. The maximum atomic E-state index is 4.90. The maximum Gasteiger partial charge on any atom is 0.194 e. The Morgan fingerprint density at radius 3 is 2.85 bits per heavy atom. The number of hydrogen-bond donors (Lipinski definition) is 1. The van der Waals surface area contributed by atoms with Crippen LogP contribution in [0.15, 0.2) is 47.7 Å². The average Bonchev–Trinajstić information content (AvgIpc) is 3.29. The molecule has 0 spiro atoms. The molecule has 1 fully saturated rings. The first-order chi connectivity index (χ1) is 13.2. The fourth-order valence-corrected chi connectivity index (χ4v) is 3.76. The van der Waals surface area contributed by atoms with Gasteiger partial charge in [-0.1, -0.05) is 44.2 Å². The van der Waals surface area contributed by atoms with Crippen LogP contribution in [0.1, 0.15) is 38.6 Å². The first-order valence-electron chi connectivity index (χ1n) is 10.2. The van der Waals surface area contributed by atoms with Crippen molar-refractivity contribution in [2.45, 2.75) is 46.7 Å². The van der Waals surface area contributed by atoms with Gasteiger partial charge in [0.2, 0.25) is 0 Å². The van der Waals surface area contributed by atoms with Gasteiger partial charge in [-0.25, -0.2) is 9.98 Å². The van der Waals surface area contributed by atoms with Gasteiger partial charge >= 0.3 is 0 Å². The Morgan fingerprint density at radius 2 is 2.11 bits per heavy atom. The molecule has 1 N–H and O–H groups in total. The molecule has 1 aromatic heterocycles. The van der Waals surface area contributed by atoms with Gasteiger partial charge in [0.15, 0.2) is 5.96 Å². The zero-order valence-electron chi connectivity index (χ0n) is 16.9. The highest BCUT2D eigenvalue weighted by Crippen LogP contribution is 2.21. The summed E-state index contributed by atoms with van der Waals surface area (Å²) in [5, 5.41) is 3.47. The Morgan fingerprint density at radius 1 is 1.30 bits per heavy atom. The van der Waals surface area contributed by atoms with E-state index in [1.54, 1.807) is 0 Å². The highest BCUT2D eigenvalue weighted by molar-refractivity contribution is 5.80. The molecule has 2 aromatic rings. The molecule has 3 rings (SSSR count). The van der Waals surface area contributed by atoms with Gasteiger partial charge in [-0.05, 0) is 37.2 Å². The normalized spacial score (nSPS) is 17.7. The van der Waals surface area contributed by atoms with Gasteiger partial charge in [0.25, 0.3) is 0 Å². The smallest absolute Gasteiger partial charge is 0.194 e. The van der Waals surface area contributed by atoms with Crippen molar-refractivity contribution in [1.82, 2.24) is 19.8 Å². The lowest BCUT2D eigenvalue weighted by atomic mass is 9.99. The minimum Gasteiger partial charge on any atom is -0.357 e. The van der Waals surface area contributed by atoms with Gasteiger partial charge in [0.1, 0.15) is 12.4 Å². The minimum atomic E-state index is 0.604. The van der Waals surface area contributed by atoms with Crippen molar-refractivity contribution in [2.24, 2.45) is 16.8 Å². The highest BCUT2D eigenvalue weighted by Gasteiger charge is 2.25. The zero-order chi connectivity index (χ0) is 19.1. The summed E-state index contributed by atoms with van der Waals surface area (Å²) in [6.07, 6.45) is 6.31. The standard InChI is InChI=1S/C22H33N5/c1-4-23-22(25-15-21-24-11-13-26(21)16-18(2)3)27-12-10-20(17-27)14-19-8-6-5-7-9-19/h5-9,11,13,18,20H,4,10,12,14-17H2,1-3H3,(H,23,25). The summed E-state index contributed by atoms with van der Waals surface area (Å²) < 4.78 is 2.22. The number of aliphatic imine (C=N–C) groups is 1. The number of aromatic nitrogens is 2. The summed E-state index contributed by atoms with van der Waals surface area (Å²) in [5.74, 6) is 3.36. The molecule has 0 aliphatic carbocycles. The highest BCUT2D eigenvalue weighted by atomic mass is 15.3. The minimum absolute atomic E-state index is 0.604. The number of benzene rings is 1. The van der Waals surface area contributed by atoms with Crippen molar-refractivity contribution in [3.05, 3.63) is 54.1 Å². The van der Waals surface area contributed by atoms with Crippen LogP contribution in [-0.4, -0.2) is 40.0 Å².